The highest BCUT2D eigenvalue weighted by atomic mass is 19.4. The summed E-state index contributed by atoms with van der Waals surface area (Å²) in [5, 5.41) is 9.93. The van der Waals surface area contributed by atoms with Crippen LogP contribution in [-0.2, 0) is 4.79 Å². The summed E-state index contributed by atoms with van der Waals surface area (Å²) in [6, 6.07) is 1.04. The van der Waals surface area contributed by atoms with E-state index < -0.39 is 29.4 Å². The lowest BCUT2D eigenvalue weighted by Gasteiger charge is -2.06. The molecule has 1 amide bonds. The highest BCUT2D eigenvalue weighted by Gasteiger charge is 2.39. The molecular formula is C7H5F3N2O3. The lowest BCUT2D eigenvalue weighted by atomic mass is 10.3. The molecule has 15 heavy (non-hydrogen) atoms. The van der Waals surface area contributed by atoms with E-state index in [2.05, 4.69) is 4.98 Å². The predicted molar refractivity (Wildman–Crippen MR) is 42.4 cm³/mol. The maximum Gasteiger partial charge on any atom is 0.471 e. The molecule has 5 nitrogen and oxygen atoms in total. The van der Waals surface area contributed by atoms with Gasteiger partial charge >= 0.3 is 18.1 Å². The highest BCUT2D eigenvalue weighted by molar-refractivity contribution is 6.01. The van der Waals surface area contributed by atoms with E-state index in [1.807, 2.05) is 0 Å². The van der Waals surface area contributed by atoms with Crippen molar-refractivity contribution in [1.29, 1.82) is 0 Å². The zero-order chi connectivity index (χ0) is 11.6. The van der Waals surface area contributed by atoms with Crippen LogP contribution >= 0.6 is 0 Å². The molecule has 0 aliphatic heterocycles. The zero-order valence-corrected chi connectivity index (χ0v) is 7.05. The number of carbonyl (C=O) groups excluding carboxylic acids is 1. The molecule has 3 N–H and O–H groups in total. The van der Waals surface area contributed by atoms with Gasteiger partial charge in [-0.3, -0.25) is 4.79 Å². The maximum absolute atomic E-state index is 11.8. The number of hydrogen-bond acceptors (Lipinski definition) is 2. The van der Waals surface area contributed by atoms with E-state index in [0.717, 1.165) is 12.3 Å². The second-order valence-electron chi connectivity index (χ2n) is 2.52. The molecular weight excluding hydrogens is 217 g/mol. The van der Waals surface area contributed by atoms with Crippen LogP contribution < -0.4 is 5.32 Å². The van der Waals surface area contributed by atoms with Gasteiger partial charge in [0.05, 0.1) is 0 Å². The second kappa shape index (κ2) is 3.64. The number of H-pyrrole nitrogens is 1. The van der Waals surface area contributed by atoms with Gasteiger partial charge in [0.15, 0.2) is 0 Å². The van der Waals surface area contributed by atoms with Gasteiger partial charge in [-0.2, -0.15) is 13.2 Å². The number of anilines is 1. The minimum atomic E-state index is -5.05. The van der Waals surface area contributed by atoms with Gasteiger partial charge in [0.2, 0.25) is 0 Å². The molecule has 82 valence electrons. The van der Waals surface area contributed by atoms with Gasteiger partial charge in [0.1, 0.15) is 11.4 Å². The zero-order valence-electron chi connectivity index (χ0n) is 7.05. The first kappa shape index (κ1) is 11.1. The number of rotatable bonds is 2. The van der Waals surface area contributed by atoms with E-state index in [-0.39, 0.29) is 0 Å². The number of carboxylic acids is 1. The Hall–Kier alpha value is -1.99. The fourth-order valence-corrected chi connectivity index (χ4v) is 0.835. The minimum Gasteiger partial charge on any atom is -0.478 e. The summed E-state index contributed by atoms with van der Waals surface area (Å²) in [7, 11) is 0. The summed E-state index contributed by atoms with van der Waals surface area (Å²) >= 11 is 0. The van der Waals surface area contributed by atoms with Crippen molar-refractivity contribution in [3.63, 3.8) is 0 Å². The van der Waals surface area contributed by atoms with Crippen molar-refractivity contribution in [1.82, 2.24) is 4.98 Å². The van der Waals surface area contributed by atoms with Crippen LogP contribution in [-0.4, -0.2) is 28.1 Å². The van der Waals surface area contributed by atoms with Crippen LogP contribution in [0.3, 0.4) is 0 Å². The molecule has 0 atom stereocenters. The van der Waals surface area contributed by atoms with Gasteiger partial charge in [-0.25, -0.2) is 4.79 Å². The fourth-order valence-electron chi connectivity index (χ4n) is 0.835. The summed E-state index contributed by atoms with van der Waals surface area (Å²) in [5.74, 6) is -4.16. The maximum atomic E-state index is 11.8. The van der Waals surface area contributed by atoms with Gasteiger partial charge in [0, 0.05) is 6.20 Å². The molecule has 0 unspecified atom stereocenters. The molecule has 1 rings (SSSR count). The Bertz CT molecular complexity index is 396. The van der Waals surface area contributed by atoms with Crippen molar-refractivity contribution >= 4 is 17.7 Å². The standard InChI is InChI=1S/C7H5F3N2O3/c8-7(9,10)6(15)12-4-3(5(13)14)1-2-11-4/h1-2,11H,(H,12,15)(H,13,14). The monoisotopic (exact) mass is 222 g/mol. The molecule has 0 fully saturated rings. The Balaban J connectivity index is 2.86. The summed E-state index contributed by atoms with van der Waals surface area (Å²) in [6.45, 7) is 0. The number of aromatic amines is 1. The van der Waals surface area contributed by atoms with Crippen LogP contribution in [0.25, 0.3) is 0 Å². The lowest BCUT2D eigenvalue weighted by Crippen LogP contribution is -2.30. The summed E-state index contributed by atoms with van der Waals surface area (Å²) in [4.78, 5) is 23.1. The first-order valence-electron chi connectivity index (χ1n) is 3.61. The quantitative estimate of drug-likeness (QED) is 0.703. The average molecular weight is 222 g/mol. The largest absolute Gasteiger partial charge is 0.478 e. The molecule has 1 aromatic heterocycles. The first-order chi connectivity index (χ1) is 6.82. The molecule has 8 heteroatoms. The van der Waals surface area contributed by atoms with E-state index in [0.29, 0.717) is 0 Å². The van der Waals surface area contributed by atoms with Crippen molar-refractivity contribution in [2.75, 3.05) is 5.32 Å². The summed E-state index contributed by atoms with van der Waals surface area (Å²) in [5.41, 5.74) is -0.437. The Morgan fingerprint density at radius 1 is 1.40 bits per heavy atom. The van der Waals surface area contributed by atoms with E-state index in [1.165, 1.54) is 5.32 Å². The molecule has 0 saturated carbocycles. The number of carboxylic acid groups (broad SMARTS) is 1. The molecule has 0 spiro atoms. The Morgan fingerprint density at radius 2 is 2.00 bits per heavy atom. The van der Waals surface area contributed by atoms with Crippen LogP contribution in [0.4, 0.5) is 19.0 Å². The van der Waals surface area contributed by atoms with Gasteiger partial charge in [-0.05, 0) is 6.07 Å². The number of hydrogen-bond donors (Lipinski definition) is 3. The summed E-state index contributed by atoms with van der Waals surface area (Å²) < 4.78 is 35.4. The summed E-state index contributed by atoms with van der Waals surface area (Å²) in [6.07, 6.45) is -3.95. The third kappa shape index (κ3) is 2.48. The molecule has 0 radical (unpaired) electrons. The highest BCUT2D eigenvalue weighted by Crippen LogP contribution is 2.19. The Morgan fingerprint density at radius 3 is 2.47 bits per heavy atom. The SMILES string of the molecule is O=C(O)c1cc[nH]c1NC(=O)C(F)(F)F. The van der Waals surface area contributed by atoms with Crippen molar-refractivity contribution in [2.24, 2.45) is 0 Å². The fraction of sp³-hybridized carbons (Fsp3) is 0.143. The number of halogens is 3. The molecule has 0 bridgehead atoms. The topological polar surface area (TPSA) is 82.2 Å². The van der Waals surface area contributed by atoms with E-state index in [1.54, 1.807) is 0 Å². The van der Waals surface area contributed by atoms with Crippen molar-refractivity contribution in [3.8, 4) is 0 Å². The van der Waals surface area contributed by atoms with Gasteiger partial charge < -0.3 is 15.4 Å². The first-order valence-corrected chi connectivity index (χ1v) is 3.61. The van der Waals surface area contributed by atoms with Crippen molar-refractivity contribution in [2.45, 2.75) is 6.18 Å². The normalized spacial score (nSPS) is 11.1. The minimum absolute atomic E-state index is 0.437. The number of aromatic nitrogens is 1. The van der Waals surface area contributed by atoms with Crippen LogP contribution in [0.2, 0.25) is 0 Å². The third-order valence-corrected chi connectivity index (χ3v) is 1.47. The number of amides is 1. The second-order valence-corrected chi connectivity index (χ2v) is 2.52. The number of aromatic carboxylic acids is 1. The molecule has 0 aliphatic rings. The number of nitrogens with one attached hydrogen (secondary N) is 2. The van der Waals surface area contributed by atoms with Crippen LogP contribution in [0.1, 0.15) is 10.4 Å². The van der Waals surface area contributed by atoms with Crippen LogP contribution in [0, 0.1) is 0 Å². The van der Waals surface area contributed by atoms with E-state index in [4.69, 9.17) is 5.11 Å². The van der Waals surface area contributed by atoms with Crippen molar-refractivity contribution < 1.29 is 27.9 Å². The predicted octanol–water partition coefficient (Wildman–Crippen LogP) is 1.21. The van der Waals surface area contributed by atoms with Gasteiger partial charge in [-0.1, -0.05) is 0 Å². The van der Waals surface area contributed by atoms with E-state index in [9.17, 15) is 22.8 Å². The number of carbonyl (C=O) groups is 2. The van der Waals surface area contributed by atoms with Crippen LogP contribution in [0.5, 0.6) is 0 Å². The van der Waals surface area contributed by atoms with Gasteiger partial charge in [0.25, 0.3) is 0 Å². The Labute approximate surface area is 80.9 Å². The van der Waals surface area contributed by atoms with E-state index >= 15 is 0 Å². The van der Waals surface area contributed by atoms with Crippen molar-refractivity contribution in [3.05, 3.63) is 17.8 Å². The molecule has 0 aromatic carbocycles. The van der Waals surface area contributed by atoms with Crippen LogP contribution in [0.15, 0.2) is 12.3 Å². The average Bonchev–Trinajstić information content (AvgIpc) is 2.50. The molecule has 1 aromatic rings. The smallest absolute Gasteiger partial charge is 0.471 e. The molecule has 0 saturated heterocycles. The Kier molecular flexibility index (Phi) is 2.69. The third-order valence-electron chi connectivity index (χ3n) is 1.47. The number of alkyl halides is 3. The lowest BCUT2D eigenvalue weighted by molar-refractivity contribution is -0.167. The van der Waals surface area contributed by atoms with Gasteiger partial charge in [-0.15, -0.1) is 0 Å². The molecule has 1 heterocycles. The molecule has 0 aliphatic carbocycles.